The molecule has 0 bridgehead atoms. The van der Waals surface area contributed by atoms with Crippen molar-refractivity contribution in [3.05, 3.63) is 35.4 Å². The summed E-state index contributed by atoms with van der Waals surface area (Å²) in [5.41, 5.74) is 2.11. The zero-order valence-corrected chi connectivity index (χ0v) is 12.6. The number of nitrogens with one attached hydrogen (secondary N) is 1. The van der Waals surface area contributed by atoms with E-state index in [1.165, 1.54) is 6.92 Å². The van der Waals surface area contributed by atoms with Crippen molar-refractivity contribution in [1.82, 2.24) is 10.2 Å². The Morgan fingerprint density at radius 2 is 2.14 bits per heavy atom. The highest BCUT2D eigenvalue weighted by Crippen LogP contribution is 2.17. The van der Waals surface area contributed by atoms with E-state index in [-0.39, 0.29) is 17.9 Å². The van der Waals surface area contributed by atoms with Gasteiger partial charge < -0.3 is 15.0 Å². The molecule has 2 rings (SSSR count). The van der Waals surface area contributed by atoms with Crippen molar-refractivity contribution in [3.63, 3.8) is 0 Å². The zero-order chi connectivity index (χ0) is 15.2. The molecule has 1 aromatic rings. The van der Waals surface area contributed by atoms with Crippen LogP contribution in [-0.4, -0.2) is 36.4 Å². The van der Waals surface area contributed by atoms with E-state index in [9.17, 15) is 9.59 Å². The van der Waals surface area contributed by atoms with Crippen molar-refractivity contribution in [2.24, 2.45) is 0 Å². The monoisotopic (exact) mass is 290 g/mol. The van der Waals surface area contributed by atoms with Crippen LogP contribution in [0.4, 0.5) is 0 Å². The molecule has 2 amide bonds. The van der Waals surface area contributed by atoms with Gasteiger partial charge in [-0.25, -0.2) is 0 Å². The van der Waals surface area contributed by atoms with Gasteiger partial charge in [-0.2, -0.15) is 0 Å². The number of carbonyl (C=O) groups excluding carboxylic acids is 2. The van der Waals surface area contributed by atoms with Crippen LogP contribution in [-0.2, 0) is 27.5 Å². The maximum absolute atomic E-state index is 12.2. The van der Waals surface area contributed by atoms with E-state index in [4.69, 9.17) is 4.74 Å². The van der Waals surface area contributed by atoms with Crippen LogP contribution < -0.4 is 5.32 Å². The molecule has 5 heteroatoms. The Hall–Kier alpha value is -1.88. The summed E-state index contributed by atoms with van der Waals surface area (Å²) in [5, 5.41) is 2.92. The largest absolute Gasteiger partial charge is 0.380 e. The van der Waals surface area contributed by atoms with Crippen LogP contribution in [0.2, 0.25) is 0 Å². The van der Waals surface area contributed by atoms with Crippen LogP contribution in [0.3, 0.4) is 0 Å². The Kier molecular flexibility index (Phi) is 5.33. The topological polar surface area (TPSA) is 58.6 Å². The lowest BCUT2D eigenvalue weighted by Crippen LogP contribution is -2.44. The molecule has 1 unspecified atom stereocenters. The highest BCUT2D eigenvalue weighted by molar-refractivity contribution is 5.87. The lowest BCUT2D eigenvalue weighted by Gasteiger charge is -2.22. The van der Waals surface area contributed by atoms with Crippen molar-refractivity contribution in [2.75, 3.05) is 13.7 Å². The molecule has 0 saturated carbocycles. The molecular weight excluding hydrogens is 268 g/mol. The van der Waals surface area contributed by atoms with E-state index in [2.05, 4.69) is 5.32 Å². The van der Waals surface area contributed by atoms with Gasteiger partial charge in [-0.1, -0.05) is 24.3 Å². The number of carbonyl (C=O) groups is 2. The second-order valence-corrected chi connectivity index (χ2v) is 5.34. The summed E-state index contributed by atoms with van der Waals surface area (Å²) in [5.74, 6) is -0.102. The molecule has 0 radical (unpaired) electrons. The minimum atomic E-state index is -0.315. The number of nitrogens with zero attached hydrogens (tertiary/aromatic N) is 1. The number of rotatable bonds is 5. The van der Waals surface area contributed by atoms with E-state index in [1.54, 1.807) is 12.0 Å². The molecule has 1 aliphatic heterocycles. The van der Waals surface area contributed by atoms with E-state index >= 15 is 0 Å². The fourth-order valence-corrected chi connectivity index (χ4v) is 2.72. The average Bonchev–Trinajstić information content (AvgIpc) is 2.95. The van der Waals surface area contributed by atoms with Crippen molar-refractivity contribution in [2.45, 2.75) is 39.0 Å². The van der Waals surface area contributed by atoms with E-state index in [0.29, 0.717) is 19.7 Å². The summed E-state index contributed by atoms with van der Waals surface area (Å²) in [6.07, 6.45) is 1.64. The predicted molar refractivity (Wildman–Crippen MR) is 79.4 cm³/mol. The molecule has 1 atom stereocenters. The third-order valence-corrected chi connectivity index (χ3v) is 3.73. The van der Waals surface area contributed by atoms with Gasteiger partial charge in [0.25, 0.3) is 0 Å². The first-order chi connectivity index (χ1) is 10.1. The molecule has 1 heterocycles. The normalized spacial score (nSPS) is 17.8. The van der Waals surface area contributed by atoms with Gasteiger partial charge in [0.05, 0.1) is 6.61 Å². The van der Waals surface area contributed by atoms with Gasteiger partial charge in [-0.05, 0) is 24.0 Å². The first-order valence-corrected chi connectivity index (χ1v) is 7.23. The molecule has 1 aliphatic rings. The minimum Gasteiger partial charge on any atom is -0.380 e. The van der Waals surface area contributed by atoms with Gasteiger partial charge in [0.15, 0.2) is 0 Å². The fraction of sp³-hybridized carbons (Fsp3) is 0.500. The number of benzene rings is 1. The SMILES string of the molecule is COCc1cccc(CNC(=O)C2CCCN2C(C)=O)c1. The maximum Gasteiger partial charge on any atom is 0.243 e. The number of likely N-dealkylation sites (tertiary alicyclic amines) is 1. The van der Waals surface area contributed by atoms with Gasteiger partial charge in [-0.3, -0.25) is 9.59 Å². The average molecular weight is 290 g/mol. The van der Waals surface area contributed by atoms with Gasteiger partial charge >= 0.3 is 0 Å². The highest BCUT2D eigenvalue weighted by Gasteiger charge is 2.31. The molecule has 1 fully saturated rings. The molecule has 114 valence electrons. The predicted octanol–water partition coefficient (Wildman–Crippen LogP) is 1.46. The molecule has 1 saturated heterocycles. The second-order valence-electron chi connectivity index (χ2n) is 5.34. The Labute approximate surface area is 125 Å². The Morgan fingerprint density at radius 1 is 1.38 bits per heavy atom. The Bertz CT molecular complexity index is 516. The maximum atomic E-state index is 12.2. The highest BCUT2D eigenvalue weighted by atomic mass is 16.5. The second kappa shape index (κ2) is 7.22. The van der Waals surface area contributed by atoms with E-state index in [1.807, 2.05) is 24.3 Å². The van der Waals surface area contributed by atoms with Gasteiger partial charge in [0, 0.05) is 27.1 Å². The van der Waals surface area contributed by atoms with Crippen LogP contribution in [0.1, 0.15) is 30.9 Å². The quantitative estimate of drug-likeness (QED) is 0.893. The van der Waals surface area contributed by atoms with Crippen LogP contribution in [0.15, 0.2) is 24.3 Å². The van der Waals surface area contributed by atoms with E-state index < -0.39 is 0 Å². The first kappa shape index (κ1) is 15.5. The number of hydrogen-bond donors (Lipinski definition) is 1. The Balaban J connectivity index is 1.91. The van der Waals surface area contributed by atoms with Gasteiger partial charge in [-0.15, -0.1) is 0 Å². The van der Waals surface area contributed by atoms with Crippen LogP contribution in [0.25, 0.3) is 0 Å². The zero-order valence-electron chi connectivity index (χ0n) is 12.6. The van der Waals surface area contributed by atoms with Crippen LogP contribution in [0.5, 0.6) is 0 Å². The fourth-order valence-electron chi connectivity index (χ4n) is 2.72. The molecule has 0 aromatic heterocycles. The lowest BCUT2D eigenvalue weighted by molar-refractivity contribution is -0.136. The van der Waals surface area contributed by atoms with Gasteiger partial charge in [0.2, 0.25) is 11.8 Å². The standard InChI is InChI=1S/C16H22N2O3/c1-12(19)18-8-4-7-15(18)16(20)17-10-13-5-3-6-14(9-13)11-21-2/h3,5-6,9,15H,4,7-8,10-11H2,1-2H3,(H,17,20). The molecule has 0 spiro atoms. The summed E-state index contributed by atoms with van der Waals surface area (Å²) >= 11 is 0. The van der Waals surface area contributed by atoms with Crippen molar-refractivity contribution in [1.29, 1.82) is 0 Å². The smallest absolute Gasteiger partial charge is 0.243 e. The number of hydrogen-bond acceptors (Lipinski definition) is 3. The summed E-state index contributed by atoms with van der Waals surface area (Å²) in [7, 11) is 1.66. The number of ether oxygens (including phenoxy) is 1. The summed E-state index contributed by atoms with van der Waals surface area (Å²) in [6.45, 7) is 3.22. The molecule has 21 heavy (non-hydrogen) atoms. The first-order valence-electron chi connectivity index (χ1n) is 7.23. The van der Waals surface area contributed by atoms with Crippen molar-refractivity contribution >= 4 is 11.8 Å². The third-order valence-electron chi connectivity index (χ3n) is 3.73. The van der Waals surface area contributed by atoms with Crippen molar-refractivity contribution in [3.8, 4) is 0 Å². The molecular formula is C16H22N2O3. The van der Waals surface area contributed by atoms with Crippen molar-refractivity contribution < 1.29 is 14.3 Å². The Morgan fingerprint density at radius 3 is 2.86 bits per heavy atom. The summed E-state index contributed by atoms with van der Waals surface area (Å²) in [6, 6.07) is 7.61. The third kappa shape index (κ3) is 4.04. The molecule has 1 N–H and O–H groups in total. The molecule has 0 aliphatic carbocycles. The van der Waals surface area contributed by atoms with Crippen LogP contribution in [0, 0.1) is 0 Å². The summed E-state index contributed by atoms with van der Waals surface area (Å²) < 4.78 is 5.10. The minimum absolute atomic E-state index is 0.0326. The number of methoxy groups -OCH3 is 1. The van der Waals surface area contributed by atoms with E-state index in [0.717, 1.165) is 24.0 Å². The molecule has 5 nitrogen and oxygen atoms in total. The summed E-state index contributed by atoms with van der Waals surface area (Å²) in [4.78, 5) is 25.3. The molecule has 1 aromatic carbocycles. The van der Waals surface area contributed by atoms with Gasteiger partial charge in [0.1, 0.15) is 6.04 Å². The van der Waals surface area contributed by atoms with Crippen LogP contribution >= 0.6 is 0 Å². The number of amides is 2. The lowest BCUT2D eigenvalue weighted by atomic mass is 10.1.